The molecule has 22 heavy (non-hydrogen) atoms. The number of rotatable bonds is 3. The molecule has 2 heterocycles. The summed E-state index contributed by atoms with van der Waals surface area (Å²) < 4.78 is 13.9. The summed E-state index contributed by atoms with van der Waals surface area (Å²) in [7, 11) is 0. The lowest BCUT2D eigenvalue weighted by molar-refractivity contribution is 0.112. The van der Waals surface area contributed by atoms with Crippen LogP contribution < -0.4 is 4.90 Å². The number of aliphatic hydroxyl groups is 1. The topological polar surface area (TPSA) is 49.2 Å². The van der Waals surface area contributed by atoms with Crippen molar-refractivity contribution in [1.82, 2.24) is 9.97 Å². The quantitative estimate of drug-likeness (QED) is 0.946. The van der Waals surface area contributed by atoms with Crippen LogP contribution in [0.2, 0.25) is 0 Å². The van der Waals surface area contributed by atoms with E-state index in [1.165, 1.54) is 6.07 Å². The normalized spacial score (nSPS) is 21.9. The fraction of sp³-hybridized carbons (Fsp3) is 0.412. The van der Waals surface area contributed by atoms with Crippen LogP contribution >= 0.6 is 0 Å². The maximum absolute atomic E-state index is 13.9. The average molecular weight is 301 g/mol. The van der Waals surface area contributed by atoms with Gasteiger partial charge in [0.15, 0.2) is 0 Å². The third-order valence-corrected chi connectivity index (χ3v) is 4.19. The highest BCUT2D eigenvalue weighted by molar-refractivity contribution is 5.41. The molecule has 116 valence electrons. The molecule has 1 aromatic heterocycles. The van der Waals surface area contributed by atoms with Gasteiger partial charge in [0, 0.05) is 12.7 Å². The molecule has 1 aliphatic rings. The summed E-state index contributed by atoms with van der Waals surface area (Å²) in [4.78, 5) is 10.7. The van der Waals surface area contributed by atoms with E-state index in [1.54, 1.807) is 18.3 Å². The zero-order valence-electron chi connectivity index (χ0n) is 12.6. The van der Waals surface area contributed by atoms with Gasteiger partial charge in [-0.15, -0.1) is 0 Å². The number of hydrogen-bond acceptors (Lipinski definition) is 4. The van der Waals surface area contributed by atoms with Gasteiger partial charge in [0.2, 0.25) is 0 Å². The predicted octanol–water partition coefficient (Wildman–Crippen LogP) is 2.50. The van der Waals surface area contributed by atoms with E-state index >= 15 is 0 Å². The van der Waals surface area contributed by atoms with Crippen molar-refractivity contribution >= 4 is 5.82 Å². The first kappa shape index (κ1) is 14.9. The minimum absolute atomic E-state index is 0.167. The van der Waals surface area contributed by atoms with Gasteiger partial charge in [-0.2, -0.15) is 0 Å². The Morgan fingerprint density at radius 1 is 1.32 bits per heavy atom. The fourth-order valence-corrected chi connectivity index (χ4v) is 3.06. The molecule has 4 nitrogen and oxygen atoms in total. The third-order valence-electron chi connectivity index (χ3n) is 4.19. The molecule has 1 N–H and O–H groups in total. The number of nitrogens with zero attached hydrogens (tertiary/aromatic N) is 3. The molecule has 0 bridgehead atoms. The molecule has 2 aromatic rings. The van der Waals surface area contributed by atoms with Crippen molar-refractivity contribution in [2.24, 2.45) is 0 Å². The molecule has 1 aromatic carbocycles. The highest BCUT2D eigenvalue weighted by Crippen LogP contribution is 2.26. The molecule has 0 saturated carbocycles. The summed E-state index contributed by atoms with van der Waals surface area (Å²) in [5.41, 5.74) is 0.629. The zero-order chi connectivity index (χ0) is 15.5. The number of benzene rings is 1. The average Bonchev–Trinajstić information content (AvgIpc) is 2.51. The Bertz CT molecular complexity index is 649. The van der Waals surface area contributed by atoms with Gasteiger partial charge in [-0.25, -0.2) is 14.4 Å². The van der Waals surface area contributed by atoms with Crippen LogP contribution in [0.25, 0.3) is 0 Å². The lowest BCUT2D eigenvalue weighted by Gasteiger charge is -2.40. The van der Waals surface area contributed by atoms with Crippen LogP contribution in [0, 0.1) is 12.7 Å². The fourth-order valence-electron chi connectivity index (χ4n) is 3.06. The summed E-state index contributed by atoms with van der Waals surface area (Å²) in [5.74, 6) is 1.27. The minimum atomic E-state index is -0.483. The van der Waals surface area contributed by atoms with Crippen molar-refractivity contribution in [1.29, 1.82) is 0 Å². The number of hydrogen-bond donors (Lipinski definition) is 1. The summed E-state index contributed by atoms with van der Waals surface area (Å²) in [6, 6.07) is 8.43. The van der Waals surface area contributed by atoms with Crippen LogP contribution in [0.4, 0.5) is 10.2 Å². The lowest BCUT2D eigenvalue weighted by Crippen LogP contribution is -2.50. The Hall–Kier alpha value is -2.01. The number of aryl methyl sites for hydroxylation is 1. The maximum atomic E-state index is 13.9. The first-order valence-corrected chi connectivity index (χ1v) is 7.63. The maximum Gasteiger partial charge on any atom is 0.132 e. The Morgan fingerprint density at radius 2 is 2.14 bits per heavy atom. The Labute approximate surface area is 129 Å². The van der Waals surface area contributed by atoms with Crippen molar-refractivity contribution in [3.05, 3.63) is 53.7 Å². The minimum Gasteiger partial charge on any atom is -0.391 e. The second-order valence-electron chi connectivity index (χ2n) is 5.73. The molecule has 0 unspecified atom stereocenters. The number of aromatic nitrogens is 2. The number of aliphatic hydroxyl groups excluding tert-OH is 1. The van der Waals surface area contributed by atoms with Crippen LogP contribution in [-0.4, -0.2) is 33.8 Å². The molecule has 1 fully saturated rings. The van der Waals surface area contributed by atoms with Crippen LogP contribution in [-0.2, 0) is 6.42 Å². The SMILES string of the molecule is Cc1nccc(N2CCC[C@H](O)[C@@H]2Cc2ccccc2F)n1. The predicted molar refractivity (Wildman–Crippen MR) is 83.2 cm³/mol. The number of piperidine rings is 1. The standard InChI is InChI=1S/C17H20FN3O/c1-12-19-9-8-17(20-12)21-10-4-7-16(22)15(21)11-13-5-2-3-6-14(13)18/h2-3,5-6,8-9,15-16,22H,4,7,10-11H2,1H3/t15-,16-/m0/s1. The van der Waals surface area contributed by atoms with Crippen LogP contribution in [0.1, 0.15) is 24.2 Å². The molecular formula is C17H20FN3O. The second-order valence-corrected chi connectivity index (χ2v) is 5.73. The van der Waals surface area contributed by atoms with Gasteiger partial charge in [0.1, 0.15) is 17.5 Å². The Morgan fingerprint density at radius 3 is 2.91 bits per heavy atom. The summed E-state index contributed by atoms with van der Waals surface area (Å²) >= 11 is 0. The van der Waals surface area contributed by atoms with Crippen LogP contribution in [0.3, 0.4) is 0 Å². The monoisotopic (exact) mass is 301 g/mol. The van der Waals surface area contributed by atoms with Crippen molar-refractivity contribution < 1.29 is 9.50 Å². The van der Waals surface area contributed by atoms with E-state index in [9.17, 15) is 9.50 Å². The summed E-state index contributed by atoms with van der Waals surface area (Å²) in [6.45, 7) is 2.66. The highest BCUT2D eigenvalue weighted by Gasteiger charge is 2.31. The van der Waals surface area contributed by atoms with E-state index in [-0.39, 0.29) is 11.9 Å². The largest absolute Gasteiger partial charge is 0.391 e. The summed E-state index contributed by atoms with van der Waals surface area (Å²) in [6.07, 6.45) is 3.34. The Kier molecular flexibility index (Phi) is 4.34. The molecule has 1 saturated heterocycles. The molecule has 0 aliphatic carbocycles. The van der Waals surface area contributed by atoms with E-state index in [2.05, 4.69) is 14.9 Å². The van der Waals surface area contributed by atoms with Gasteiger partial charge in [-0.05, 0) is 43.9 Å². The third kappa shape index (κ3) is 3.09. The van der Waals surface area contributed by atoms with E-state index < -0.39 is 6.10 Å². The van der Waals surface area contributed by atoms with E-state index in [1.807, 2.05) is 19.1 Å². The highest BCUT2D eigenvalue weighted by atomic mass is 19.1. The van der Waals surface area contributed by atoms with Gasteiger partial charge in [0.25, 0.3) is 0 Å². The van der Waals surface area contributed by atoms with Gasteiger partial charge >= 0.3 is 0 Å². The lowest BCUT2D eigenvalue weighted by atomic mass is 9.92. The first-order chi connectivity index (χ1) is 10.6. The molecule has 5 heteroatoms. The van der Waals surface area contributed by atoms with Crippen LogP contribution in [0.5, 0.6) is 0 Å². The van der Waals surface area contributed by atoms with Crippen LogP contribution in [0.15, 0.2) is 36.5 Å². The van der Waals surface area contributed by atoms with Gasteiger partial charge in [-0.1, -0.05) is 18.2 Å². The number of anilines is 1. The molecule has 3 rings (SSSR count). The van der Waals surface area contributed by atoms with E-state index in [0.717, 1.165) is 25.2 Å². The van der Waals surface area contributed by atoms with E-state index in [0.29, 0.717) is 17.8 Å². The molecule has 0 amide bonds. The molecule has 0 radical (unpaired) electrons. The summed E-state index contributed by atoms with van der Waals surface area (Å²) in [5, 5.41) is 10.4. The number of halogens is 1. The van der Waals surface area contributed by atoms with Crippen molar-refractivity contribution in [3.63, 3.8) is 0 Å². The van der Waals surface area contributed by atoms with Gasteiger partial charge in [0.05, 0.1) is 12.1 Å². The smallest absolute Gasteiger partial charge is 0.132 e. The molecule has 0 spiro atoms. The molecule has 1 aliphatic heterocycles. The van der Waals surface area contributed by atoms with Crippen molar-refractivity contribution in [2.45, 2.75) is 38.3 Å². The van der Waals surface area contributed by atoms with Crippen molar-refractivity contribution in [2.75, 3.05) is 11.4 Å². The zero-order valence-corrected chi connectivity index (χ0v) is 12.6. The van der Waals surface area contributed by atoms with Gasteiger partial charge in [-0.3, -0.25) is 0 Å². The molecular weight excluding hydrogens is 281 g/mol. The second kappa shape index (κ2) is 6.40. The van der Waals surface area contributed by atoms with Crippen molar-refractivity contribution in [3.8, 4) is 0 Å². The molecule has 2 atom stereocenters. The first-order valence-electron chi connectivity index (χ1n) is 7.63. The van der Waals surface area contributed by atoms with Gasteiger partial charge < -0.3 is 10.0 Å². The van der Waals surface area contributed by atoms with E-state index in [4.69, 9.17) is 0 Å². The Balaban J connectivity index is 1.89.